The zero-order valence-corrected chi connectivity index (χ0v) is 50.5. The molecule has 90 heavy (non-hydrogen) atoms. The molecular formula is C59H85N15O16. The molecule has 0 aromatic heterocycles. The number of benzene rings is 3. The number of unbranched alkanes of at least 4 members (excludes halogenated alkanes) is 1. The fourth-order valence-corrected chi connectivity index (χ4v) is 9.22. The number of carboxylic acid groups (broad SMARTS) is 3. The average Bonchev–Trinajstić information content (AvgIpc) is 0.942. The summed E-state index contributed by atoms with van der Waals surface area (Å²) in [5.74, 6) is -8.17. The van der Waals surface area contributed by atoms with E-state index in [9.17, 15) is 73.2 Å². The minimum Gasteiger partial charge on any atom is -0.508 e. The van der Waals surface area contributed by atoms with Gasteiger partial charge in [0, 0.05) is 91.5 Å². The number of nitrogens with zero attached hydrogens (tertiary/aromatic N) is 5. The number of carboxylic acids is 3. The van der Waals surface area contributed by atoms with Gasteiger partial charge in [0.2, 0.25) is 41.4 Å². The highest BCUT2D eigenvalue weighted by atomic mass is 16.5. The Bertz CT molecular complexity index is 2850. The normalized spacial score (nSPS) is 14.7. The number of amides is 9. The van der Waals surface area contributed by atoms with Crippen molar-refractivity contribution in [2.45, 2.75) is 70.0 Å². The summed E-state index contributed by atoms with van der Waals surface area (Å²) in [4.78, 5) is 149. The minimum atomic E-state index is -1.48. The molecule has 1 saturated heterocycles. The maximum atomic E-state index is 14.5. The standard InChI is InChI=1S/C59H85N15O16/c1-2-48(77)63-21-22-65-59(89)70-58(61)64-20-9-14-45(55(86)66-34-40-15-17-43(75)18-16-40)69-57(88)54(41-10-4-3-5-11-41)42-12-8-13-44(32-42)90-31-7-6-19-62-49(78)35-67-56(87)46(33-47(60)76)68-50(79)36-71-23-25-72(37-51(80)81)27-29-74(39-53(84)85)30-28-73(26-24-71)38-52(82)83/h3-5,8,10-13,15-18,32,45-46,54,75H,2,6-7,9,14,19-31,33-39H2,1H3,(H2,60,76)(H,62,78)(H,63,77)(H,66,86)(H,67,87)(H,68,79)(H,69,88)(H,80,81)(H,82,83)(H,84,85)(H4,61,64,65,70,89)/t45-,46-,54+/m1/s1. The molecule has 0 unspecified atom stereocenters. The van der Waals surface area contributed by atoms with Gasteiger partial charge >= 0.3 is 23.9 Å². The first kappa shape index (κ1) is 73.0. The van der Waals surface area contributed by atoms with Gasteiger partial charge in [-0.1, -0.05) is 61.5 Å². The molecule has 1 fully saturated rings. The molecule has 0 spiro atoms. The number of hydrogen-bond acceptors (Lipinski definition) is 17. The van der Waals surface area contributed by atoms with E-state index >= 15 is 0 Å². The van der Waals surface area contributed by atoms with E-state index in [4.69, 9.17) is 16.2 Å². The number of nitrogens with one attached hydrogen (secondary N) is 8. The van der Waals surface area contributed by atoms with Crippen molar-refractivity contribution >= 4 is 71.2 Å². The number of primary amides is 1. The van der Waals surface area contributed by atoms with Crippen LogP contribution in [0.15, 0.2) is 83.9 Å². The van der Waals surface area contributed by atoms with Gasteiger partial charge in [-0.3, -0.25) is 67.5 Å². The van der Waals surface area contributed by atoms with Crippen molar-refractivity contribution in [3.8, 4) is 11.5 Å². The zero-order valence-electron chi connectivity index (χ0n) is 50.5. The van der Waals surface area contributed by atoms with Crippen molar-refractivity contribution < 1.29 is 77.9 Å². The van der Waals surface area contributed by atoms with Crippen LogP contribution in [0.4, 0.5) is 4.79 Å². The second kappa shape index (κ2) is 40.2. The Morgan fingerprint density at radius 2 is 1.09 bits per heavy atom. The van der Waals surface area contributed by atoms with Gasteiger partial charge in [0.05, 0.1) is 51.7 Å². The summed E-state index contributed by atoms with van der Waals surface area (Å²) in [6, 6.07) is 18.9. The number of ether oxygens (including phenoxy) is 1. The number of rotatable bonds is 35. The van der Waals surface area contributed by atoms with E-state index in [1.54, 1.807) is 93.3 Å². The van der Waals surface area contributed by atoms with E-state index < -0.39 is 90.3 Å². The minimum absolute atomic E-state index is 0.0556. The molecule has 4 rings (SSSR count). The van der Waals surface area contributed by atoms with E-state index in [0.29, 0.717) is 48.1 Å². The van der Waals surface area contributed by atoms with E-state index in [1.807, 2.05) is 0 Å². The van der Waals surface area contributed by atoms with Crippen LogP contribution in [-0.2, 0) is 54.5 Å². The highest BCUT2D eigenvalue weighted by Crippen LogP contribution is 2.28. The molecule has 3 aromatic carbocycles. The lowest BCUT2D eigenvalue weighted by Crippen LogP contribution is -2.53. The number of carbonyl (C=O) groups excluding carboxylic acids is 8. The number of phenolic OH excluding ortho intramolecular Hbond substituents is 1. The molecule has 3 aromatic rings. The number of hydrogen-bond donors (Lipinski definition) is 14. The van der Waals surface area contributed by atoms with Crippen LogP contribution in [0.2, 0.25) is 0 Å². The van der Waals surface area contributed by atoms with Gasteiger partial charge in [0.15, 0.2) is 5.96 Å². The molecule has 1 aliphatic rings. The number of phenols is 1. The van der Waals surface area contributed by atoms with Gasteiger partial charge in [-0.05, 0) is 66.6 Å². The Morgan fingerprint density at radius 3 is 1.67 bits per heavy atom. The third-order valence-electron chi connectivity index (χ3n) is 13.9. The number of nitrogens with two attached hydrogens (primary N) is 2. The maximum Gasteiger partial charge on any atom is 0.344 e. The van der Waals surface area contributed by atoms with E-state index in [1.165, 1.54) is 12.1 Å². The predicted octanol–water partition coefficient (Wildman–Crippen LogP) is -2.53. The third kappa shape index (κ3) is 30.0. The van der Waals surface area contributed by atoms with Gasteiger partial charge in [-0.15, -0.1) is 0 Å². The Morgan fingerprint density at radius 1 is 0.544 bits per heavy atom. The molecule has 1 aliphatic heterocycles. The highest BCUT2D eigenvalue weighted by Gasteiger charge is 2.30. The summed E-state index contributed by atoms with van der Waals surface area (Å²) in [5, 5.41) is 59.6. The van der Waals surface area contributed by atoms with E-state index in [2.05, 4.69) is 47.5 Å². The number of urea groups is 1. The first-order chi connectivity index (χ1) is 43.1. The number of guanidine groups is 1. The van der Waals surface area contributed by atoms with Crippen LogP contribution in [-0.4, -0.2) is 241 Å². The number of aliphatic carboxylic acids is 3. The lowest BCUT2D eigenvalue weighted by atomic mass is 9.90. The van der Waals surface area contributed by atoms with Crippen LogP contribution in [0.1, 0.15) is 68.1 Å². The summed E-state index contributed by atoms with van der Waals surface area (Å²) in [7, 11) is 0. The lowest BCUT2D eigenvalue weighted by Gasteiger charge is -2.33. The smallest absolute Gasteiger partial charge is 0.344 e. The fraction of sp³-hybridized carbons (Fsp3) is 0.492. The number of carbonyl (C=O) groups is 11. The predicted molar refractivity (Wildman–Crippen MR) is 327 cm³/mol. The van der Waals surface area contributed by atoms with Crippen molar-refractivity contribution in [1.82, 2.24) is 62.1 Å². The van der Waals surface area contributed by atoms with Crippen molar-refractivity contribution in [3.05, 3.63) is 95.6 Å². The quantitative estimate of drug-likeness (QED) is 0.0164. The van der Waals surface area contributed by atoms with E-state index in [0.717, 1.165) is 0 Å². The average molecular weight is 1260 g/mol. The van der Waals surface area contributed by atoms with Crippen molar-refractivity contribution in [1.29, 1.82) is 0 Å². The zero-order chi connectivity index (χ0) is 65.8. The van der Waals surface area contributed by atoms with Gasteiger partial charge < -0.3 is 79.2 Å². The second-order valence-electron chi connectivity index (χ2n) is 21.1. The Balaban J connectivity index is 1.31. The molecule has 0 aliphatic carbocycles. The summed E-state index contributed by atoms with van der Waals surface area (Å²) < 4.78 is 6.08. The molecule has 0 bridgehead atoms. The summed E-state index contributed by atoms with van der Waals surface area (Å²) in [6.07, 6.45) is 1.03. The molecule has 31 heteroatoms. The van der Waals surface area contributed by atoms with Crippen molar-refractivity contribution in [2.24, 2.45) is 16.5 Å². The SMILES string of the molecule is CCC(=O)NCCNC(=O)/N=C(/N)NCCC[C@@H](NC(=O)[C@@H](c1ccccc1)c1cccc(OCCCCNC(=O)CNC(=O)[C@@H](CC(N)=O)NC(=O)CN2CCN(CC(=O)O)CCN(CC(=O)O)CCN(CC(=O)O)CC2)c1)C(=O)NCc1ccc(O)cc1. The molecule has 16 N–H and O–H groups in total. The molecule has 0 saturated carbocycles. The Hall–Kier alpha value is -9.46. The van der Waals surface area contributed by atoms with E-state index in [-0.39, 0.29) is 142 Å². The number of aliphatic imine (C=N–C) groups is 1. The molecule has 0 radical (unpaired) electrons. The topological polar surface area (TPSA) is 452 Å². The Labute approximate surface area is 521 Å². The maximum absolute atomic E-state index is 14.5. The second-order valence-corrected chi connectivity index (χ2v) is 21.1. The largest absolute Gasteiger partial charge is 0.508 e. The monoisotopic (exact) mass is 1260 g/mol. The van der Waals surface area contributed by atoms with Crippen LogP contribution in [0.5, 0.6) is 11.5 Å². The van der Waals surface area contributed by atoms with Crippen LogP contribution in [0, 0.1) is 0 Å². The molecule has 9 amide bonds. The summed E-state index contributed by atoms with van der Waals surface area (Å²) in [5.41, 5.74) is 13.2. The van der Waals surface area contributed by atoms with Crippen LogP contribution in [0.25, 0.3) is 0 Å². The van der Waals surface area contributed by atoms with Crippen LogP contribution < -0.4 is 58.7 Å². The first-order valence-electron chi connectivity index (χ1n) is 29.5. The van der Waals surface area contributed by atoms with Crippen molar-refractivity contribution in [2.75, 3.05) is 118 Å². The van der Waals surface area contributed by atoms with Gasteiger partial charge in [-0.2, -0.15) is 4.99 Å². The summed E-state index contributed by atoms with van der Waals surface area (Å²) >= 11 is 0. The molecule has 1 heterocycles. The number of aromatic hydroxyl groups is 1. The summed E-state index contributed by atoms with van der Waals surface area (Å²) in [6.45, 7) is 1.93. The van der Waals surface area contributed by atoms with Crippen LogP contribution in [0.3, 0.4) is 0 Å². The van der Waals surface area contributed by atoms with Gasteiger partial charge in [0.1, 0.15) is 23.6 Å². The molecule has 31 nitrogen and oxygen atoms in total. The van der Waals surface area contributed by atoms with Crippen LogP contribution >= 0.6 is 0 Å². The molecular weight excluding hydrogens is 1170 g/mol. The Kier molecular flexibility index (Phi) is 32.6. The van der Waals surface area contributed by atoms with Gasteiger partial charge in [-0.25, -0.2) is 4.79 Å². The van der Waals surface area contributed by atoms with Crippen molar-refractivity contribution in [3.63, 3.8) is 0 Å². The third-order valence-corrected chi connectivity index (χ3v) is 13.9. The molecule has 492 valence electrons. The van der Waals surface area contributed by atoms with Gasteiger partial charge in [0.25, 0.3) is 0 Å². The lowest BCUT2D eigenvalue weighted by molar-refractivity contribution is -0.140. The highest BCUT2D eigenvalue weighted by molar-refractivity contribution is 5.95. The fourth-order valence-electron chi connectivity index (χ4n) is 9.22. The molecule has 3 atom stereocenters. The first-order valence-corrected chi connectivity index (χ1v) is 29.5.